The van der Waals surface area contributed by atoms with E-state index >= 15 is 0 Å². The fourth-order valence-electron chi connectivity index (χ4n) is 3.13. The number of benzene rings is 1. The third-order valence-corrected chi connectivity index (χ3v) is 6.45. The van der Waals surface area contributed by atoms with Crippen LogP contribution < -0.4 is 5.73 Å². The molecule has 2 rings (SSSR count). The Morgan fingerprint density at radius 3 is 2.20 bits per heavy atom. The average Bonchev–Trinajstić information content (AvgIpc) is 2.38. The standard InChI is InChI=1S/C16H25NO2S/c1-12-8-13(2)10-14(9-12)16(17)11-20(18,19)15-6-4-3-5-7-15/h8-10,15-16H,3-7,11,17H2,1-2H3. The van der Waals surface area contributed by atoms with E-state index in [0.717, 1.165) is 48.8 Å². The summed E-state index contributed by atoms with van der Waals surface area (Å²) in [6.07, 6.45) is 4.84. The van der Waals surface area contributed by atoms with Gasteiger partial charge in [0.25, 0.3) is 0 Å². The molecule has 1 atom stereocenters. The molecule has 0 bridgehead atoms. The SMILES string of the molecule is Cc1cc(C)cc(C(N)CS(=O)(=O)C2CCCCC2)c1. The second kappa shape index (κ2) is 6.27. The van der Waals surface area contributed by atoms with Crippen molar-refractivity contribution in [3.8, 4) is 0 Å². The minimum atomic E-state index is -3.08. The Kier molecular flexibility index (Phi) is 4.86. The summed E-state index contributed by atoms with van der Waals surface area (Å²) in [5.74, 6) is 0.0700. The zero-order valence-electron chi connectivity index (χ0n) is 12.4. The van der Waals surface area contributed by atoms with Gasteiger partial charge in [-0.25, -0.2) is 8.42 Å². The van der Waals surface area contributed by atoms with Crippen LogP contribution >= 0.6 is 0 Å². The van der Waals surface area contributed by atoms with Gasteiger partial charge >= 0.3 is 0 Å². The predicted molar refractivity (Wildman–Crippen MR) is 83.5 cm³/mol. The third-order valence-electron chi connectivity index (χ3n) is 4.14. The first-order chi connectivity index (χ1) is 9.38. The Hall–Kier alpha value is -0.870. The molecular weight excluding hydrogens is 270 g/mol. The van der Waals surface area contributed by atoms with Crippen molar-refractivity contribution < 1.29 is 8.42 Å². The van der Waals surface area contributed by atoms with Gasteiger partial charge in [0, 0.05) is 6.04 Å². The summed E-state index contributed by atoms with van der Waals surface area (Å²) in [6, 6.07) is 5.65. The zero-order valence-corrected chi connectivity index (χ0v) is 13.2. The van der Waals surface area contributed by atoms with Crippen molar-refractivity contribution in [2.24, 2.45) is 5.73 Å². The molecule has 20 heavy (non-hydrogen) atoms. The lowest BCUT2D eigenvalue weighted by Crippen LogP contribution is -2.31. The highest BCUT2D eigenvalue weighted by atomic mass is 32.2. The molecule has 1 aliphatic carbocycles. The summed E-state index contributed by atoms with van der Waals surface area (Å²) in [7, 11) is -3.08. The lowest BCUT2D eigenvalue weighted by molar-refractivity contribution is 0.481. The van der Waals surface area contributed by atoms with Crippen molar-refractivity contribution in [2.45, 2.75) is 57.2 Å². The molecule has 1 aromatic rings. The lowest BCUT2D eigenvalue weighted by Gasteiger charge is -2.23. The van der Waals surface area contributed by atoms with E-state index in [0.29, 0.717) is 0 Å². The van der Waals surface area contributed by atoms with Gasteiger partial charge < -0.3 is 5.73 Å². The molecule has 0 spiro atoms. The van der Waals surface area contributed by atoms with Crippen molar-refractivity contribution in [3.63, 3.8) is 0 Å². The smallest absolute Gasteiger partial charge is 0.155 e. The molecule has 1 fully saturated rings. The maximum absolute atomic E-state index is 12.5. The Morgan fingerprint density at radius 2 is 1.65 bits per heavy atom. The van der Waals surface area contributed by atoms with E-state index < -0.39 is 15.9 Å². The summed E-state index contributed by atoms with van der Waals surface area (Å²) in [4.78, 5) is 0. The molecule has 0 saturated heterocycles. The molecular formula is C16H25NO2S. The van der Waals surface area contributed by atoms with E-state index in [2.05, 4.69) is 6.07 Å². The molecule has 1 unspecified atom stereocenters. The van der Waals surface area contributed by atoms with E-state index in [1.165, 1.54) is 0 Å². The number of nitrogens with two attached hydrogens (primary N) is 1. The van der Waals surface area contributed by atoms with Crippen LogP contribution in [0.3, 0.4) is 0 Å². The van der Waals surface area contributed by atoms with E-state index in [9.17, 15) is 8.42 Å². The molecule has 0 heterocycles. The quantitative estimate of drug-likeness (QED) is 0.928. The molecule has 0 aromatic heterocycles. The number of hydrogen-bond donors (Lipinski definition) is 1. The monoisotopic (exact) mass is 295 g/mol. The van der Waals surface area contributed by atoms with E-state index in [1.54, 1.807) is 0 Å². The summed E-state index contributed by atoms with van der Waals surface area (Å²) < 4.78 is 24.9. The maximum atomic E-state index is 12.5. The first kappa shape index (κ1) is 15.5. The van der Waals surface area contributed by atoms with Crippen molar-refractivity contribution in [1.29, 1.82) is 0 Å². The lowest BCUT2D eigenvalue weighted by atomic mass is 10.0. The van der Waals surface area contributed by atoms with Crippen molar-refractivity contribution in [2.75, 3.05) is 5.75 Å². The maximum Gasteiger partial charge on any atom is 0.155 e. The fraction of sp³-hybridized carbons (Fsp3) is 0.625. The molecule has 0 aliphatic heterocycles. The van der Waals surface area contributed by atoms with Crippen LogP contribution in [0, 0.1) is 13.8 Å². The van der Waals surface area contributed by atoms with Crippen LogP contribution in [-0.4, -0.2) is 19.4 Å². The van der Waals surface area contributed by atoms with Gasteiger partial charge in [0.05, 0.1) is 11.0 Å². The Bertz CT molecular complexity index is 540. The molecule has 112 valence electrons. The second-order valence-electron chi connectivity index (χ2n) is 6.12. The first-order valence-electron chi connectivity index (χ1n) is 7.44. The largest absolute Gasteiger partial charge is 0.323 e. The second-order valence-corrected chi connectivity index (χ2v) is 8.44. The minimum absolute atomic E-state index is 0.0700. The summed E-state index contributed by atoms with van der Waals surface area (Å²) in [5.41, 5.74) is 9.34. The topological polar surface area (TPSA) is 60.2 Å². The molecule has 3 nitrogen and oxygen atoms in total. The molecule has 4 heteroatoms. The van der Waals surface area contributed by atoms with Crippen molar-refractivity contribution in [1.82, 2.24) is 0 Å². The number of sulfone groups is 1. The summed E-state index contributed by atoms with van der Waals surface area (Å²) in [5, 5.41) is -0.173. The normalized spacial score (nSPS) is 18.9. The van der Waals surface area contributed by atoms with Crippen molar-refractivity contribution >= 4 is 9.84 Å². The van der Waals surface area contributed by atoms with Gasteiger partial charge in [-0.3, -0.25) is 0 Å². The predicted octanol–water partition coefficient (Wildman–Crippen LogP) is 3.05. The van der Waals surface area contributed by atoms with E-state index in [-0.39, 0.29) is 11.0 Å². The highest BCUT2D eigenvalue weighted by Crippen LogP contribution is 2.26. The molecule has 1 aromatic carbocycles. The minimum Gasteiger partial charge on any atom is -0.323 e. The molecule has 2 N–H and O–H groups in total. The molecule has 1 saturated carbocycles. The molecule has 1 aliphatic rings. The number of hydrogen-bond acceptors (Lipinski definition) is 3. The molecule has 0 radical (unpaired) electrons. The van der Waals surface area contributed by atoms with Crippen LogP contribution in [0.4, 0.5) is 0 Å². The van der Waals surface area contributed by atoms with Crippen LogP contribution in [-0.2, 0) is 9.84 Å². The number of aryl methyl sites for hydroxylation is 2. The fourth-order valence-corrected chi connectivity index (χ4v) is 5.15. The van der Waals surface area contributed by atoms with Gasteiger partial charge in [0.15, 0.2) is 9.84 Å². The highest BCUT2D eigenvalue weighted by molar-refractivity contribution is 7.92. The Balaban J connectivity index is 2.11. The van der Waals surface area contributed by atoms with E-state index in [1.807, 2.05) is 26.0 Å². The van der Waals surface area contributed by atoms with Crippen LogP contribution in [0.5, 0.6) is 0 Å². The van der Waals surface area contributed by atoms with Crippen LogP contribution in [0.15, 0.2) is 18.2 Å². The van der Waals surface area contributed by atoms with Gasteiger partial charge in [0.1, 0.15) is 0 Å². The van der Waals surface area contributed by atoms with Gasteiger partial charge in [0.2, 0.25) is 0 Å². The van der Waals surface area contributed by atoms with Crippen LogP contribution in [0.2, 0.25) is 0 Å². The van der Waals surface area contributed by atoms with Gasteiger partial charge in [-0.15, -0.1) is 0 Å². The summed E-state index contributed by atoms with van der Waals surface area (Å²) in [6.45, 7) is 4.03. The van der Waals surface area contributed by atoms with Gasteiger partial charge in [-0.1, -0.05) is 48.6 Å². The van der Waals surface area contributed by atoms with E-state index in [4.69, 9.17) is 5.73 Å². The third kappa shape index (κ3) is 3.83. The van der Waals surface area contributed by atoms with Crippen LogP contribution in [0.25, 0.3) is 0 Å². The number of rotatable bonds is 4. The molecule has 0 amide bonds. The highest BCUT2D eigenvalue weighted by Gasteiger charge is 2.29. The van der Waals surface area contributed by atoms with Crippen molar-refractivity contribution in [3.05, 3.63) is 34.9 Å². The first-order valence-corrected chi connectivity index (χ1v) is 9.15. The van der Waals surface area contributed by atoms with Gasteiger partial charge in [-0.05, 0) is 32.3 Å². The average molecular weight is 295 g/mol. The van der Waals surface area contributed by atoms with Crippen LogP contribution in [0.1, 0.15) is 54.8 Å². The Labute approximate surface area is 122 Å². The summed E-state index contributed by atoms with van der Waals surface area (Å²) >= 11 is 0. The Morgan fingerprint density at radius 1 is 1.10 bits per heavy atom. The zero-order chi connectivity index (χ0) is 14.8. The van der Waals surface area contributed by atoms with Gasteiger partial charge in [-0.2, -0.15) is 0 Å².